The van der Waals surface area contributed by atoms with Crippen molar-refractivity contribution in [3.63, 3.8) is 0 Å². The lowest BCUT2D eigenvalue weighted by atomic mass is 9.87. The van der Waals surface area contributed by atoms with E-state index in [-0.39, 0.29) is 5.91 Å². The smallest absolute Gasteiger partial charge is 0.309 e. The minimum atomic E-state index is -0.752. The Morgan fingerprint density at radius 2 is 1.50 bits per heavy atom. The molecule has 0 heterocycles. The number of amides is 1. The Morgan fingerprint density at radius 1 is 1.08 bits per heavy atom. The van der Waals surface area contributed by atoms with Crippen LogP contribution in [0.4, 0.5) is 0 Å². The van der Waals surface area contributed by atoms with Crippen molar-refractivity contribution in [2.24, 2.45) is 16.6 Å². The Morgan fingerprint density at radius 3 is 1.88 bits per heavy atom. The predicted octanol–water partition coefficient (Wildman–Crippen LogP) is 2.44. The van der Waals surface area contributed by atoms with Gasteiger partial charge < -0.3 is 10.8 Å². The molecule has 0 spiro atoms. The van der Waals surface area contributed by atoms with Crippen LogP contribution in [0.25, 0.3) is 0 Å². The van der Waals surface area contributed by atoms with E-state index in [1.807, 2.05) is 13.8 Å². The van der Waals surface area contributed by atoms with Gasteiger partial charge in [-0.15, -0.1) is 0 Å². The maximum Gasteiger partial charge on any atom is 0.309 e. The standard InChI is InChI=1S/C15H26N2O3S.CH2N2/c1-14(2,12(18)17-11-16)7-5-9-21-10-6-8-15(3,4)13(19)20;2-1-3/h5-10H2,1-4H3,(H,17,18)(H,19,20);2H2. The third kappa shape index (κ3) is 11.6. The number of aliphatic carboxylic acids is 1. The first-order valence-electron chi connectivity index (χ1n) is 7.65. The lowest BCUT2D eigenvalue weighted by Crippen LogP contribution is -2.34. The summed E-state index contributed by atoms with van der Waals surface area (Å²) in [6, 6.07) is 0. The molecule has 0 aromatic rings. The Kier molecular flexibility index (Phi) is 12.7. The second kappa shape index (κ2) is 12.5. The van der Waals surface area contributed by atoms with Gasteiger partial charge in [0.2, 0.25) is 5.91 Å². The zero-order chi connectivity index (χ0) is 19.2. The Hall–Kier alpha value is -1.93. The SMILES string of the molecule is CC(C)(CCCSCCCC(C)(C)C(=O)NC#N)C(=O)O.N#CN. The normalized spacial score (nSPS) is 10.6. The molecule has 0 fully saturated rings. The van der Waals surface area contributed by atoms with Gasteiger partial charge in [0.1, 0.15) is 0 Å². The molecule has 0 unspecified atom stereocenters. The summed E-state index contributed by atoms with van der Waals surface area (Å²) in [6.45, 7) is 7.16. The predicted molar refractivity (Wildman–Crippen MR) is 94.5 cm³/mol. The zero-order valence-corrected chi connectivity index (χ0v) is 15.7. The molecule has 1 amide bonds. The maximum absolute atomic E-state index is 11.6. The summed E-state index contributed by atoms with van der Waals surface area (Å²) in [4.78, 5) is 22.6. The van der Waals surface area contributed by atoms with Crippen molar-refractivity contribution in [2.75, 3.05) is 11.5 Å². The number of carbonyl (C=O) groups excluding carboxylic acids is 1. The fourth-order valence-corrected chi connectivity index (χ4v) is 2.68. The summed E-state index contributed by atoms with van der Waals surface area (Å²) in [6.07, 6.45) is 6.09. The lowest BCUT2D eigenvalue weighted by Gasteiger charge is -2.21. The summed E-state index contributed by atoms with van der Waals surface area (Å²) in [5, 5.41) is 26.7. The molecule has 0 aliphatic carbocycles. The van der Waals surface area contributed by atoms with Crippen LogP contribution in [-0.2, 0) is 9.59 Å². The summed E-state index contributed by atoms with van der Waals surface area (Å²) >= 11 is 1.78. The van der Waals surface area contributed by atoms with Crippen molar-refractivity contribution < 1.29 is 14.7 Å². The summed E-state index contributed by atoms with van der Waals surface area (Å²) in [7, 11) is 0. The summed E-state index contributed by atoms with van der Waals surface area (Å²) in [5.74, 6) is 0.883. The summed E-state index contributed by atoms with van der Waals surface area (Å²) in [5.41, 5.74) is 2.97. The van der Waals surface area contributed by atoms with E-state index in [9.17, 15) is 9.59 Å². The molecule has 0 bridgehead atoms. The molecule has 24 heavy (non-hydrogen) atoms. The number of rotatable bonds is 10. The molecule has 0 atom stereocenters. The van der Waals surface area contributed by atoms with E-state index in [1.54, 1.807) is 31.8 Å². The van der Waals surface area contributed by atoms with Gasteiger partial charge >= 0.3 is 5.97 Å². The average Bonchev–Trinajstić information content (AvgIpc) is 2.47. The number of nitriles is 2. The van der Waals surface area contributed by atoms with Crippen molar-refractivity contribution in [2.45, 2.75) is 53.4 Å². The molecule has 0 aliphatic rings. The van der Waals surface area contributed by atoms with Crippen LogP contribution in [0.15, 0.2) is 0 Å². The lowest BCUT2D eigenvalue weighted by molar-refractivity contribution is -0.147. The van der Waals surface area contributed by atoms with Gasteiger partial charge in [0.05, 0.1) is 5.41 Å². The number of hydrogen-bond donors (Lipinski definition) is 3. The van der Waals surface area contributed by atoms with E-state index in [0.29, 0.717) is 6.42 Å². The highest BCUT2D eigenvalue weighted by Gasteiger charge is 2.27. The quantitative estimate of drug-likeness (QED) is 0.310. The number of carboxylic acid groups (broad SMARTS) is 1. The van der Waals surface area contributed by atoms with E-state index >= 15 is 0 Å². The van der Waals surface area contributed by atoms with Crippen LogP contribution in [0.1, 0.15) is 53.4 Å². The van der Waals surface area contributed by atoms with Gasteiger partial charge in [0.25, 0.3) is 0 Å². The van der Waals surface area contributed by atoms with Crippen molar-refractivity contribution in [3.05, 3.63) is 0 Å². The number of nitrogens with one attached hydrogen (secondary N) is 1. The largest absolute Gasteiger partial charge is 0.481 e. The van der Waals surface area contributed by atoms with Gasteiger partial charge in [-0.2, -0.15) is 22.3 Å². The second-order valence-electron chi connectivity index (χ2n) is 6.59. The van der Waals surface area contributed by atoms with E-state index in [0.717, 1.165) is 30.8 Å². The van der Waals surface area contributed by atoms with Crippen LogP contribution in [-0.4, -0.2) is 28.5 Å². The second-order valence-corrected chi connectivity index (χ2v) is 7.81. The van der Waals surface area contributed by atoms with Crippen LogP contribution in [0.5, 0.6) is 0 Å². The maximum atomic E-state index is 11.6. The van der Waals surface area contributed by atoms with Gasteiger partial charge in [-0.1, -0.05) is 13.8 Å². The molecule has 8 heteroatoms. The highest BCUT2D eigenvalue weighted by molar-refractivity contribution is 7.99. The zero-order valence-electron chi connectivity index (χ0n) is 14.9. The molecule has 0 aromatic carbocycles. The first-order chi connectivity index (χ1) is 11.0. The van der Waals surface area contributed by atoms with E-state index in [2.05, 4.69) is 11.1 Å². The molecule has 0 radical (unpaired) electrons. The topological polar surface area (TPSA) is 140 Å². The van der Waals surface area contributed by atoms with Gasteiger partial charge in [-0.25, -0.2) is 0 Å². The third-order valence-corrected chi connectivity index (χ3v) is 4.70. The number of hydrogen-bond acceptors (Lipinski definition) is 6. The molecule has 0 saturated heterocycles. The van der Waals surface area contributed by atoms with Gasteiger partial charge in [-0.3, -0.25) is 14.9 Å². The van der Waals surface area contributed by atoms with Crippen molar-refractivity contribution in [1.82, 2.24) is 5.32 Å². The number of carboxylic acids is 1. The Labute approximate surface area is 148 Å². The monoisotopic (exact) mass is 356 g/mol. The molecular formula is C16H28N4O3S. The number of nitrogens with zero attached hydrogens (tertiary/aromatic N) is 2. The Bertz CT molecular complexity index is 479. The minimum Gasteiger partial charge on any atom is -0.481 e. The average molecular weight is 356 g/mol. The number of nitrogens with two attached hydrogens (primary N) is 1. The molecular weight excluding hydrogens is 328 g/mol. The molecule has 0 aliphatic heterocycles. The third-order valence-electron chi connectivity index (χ3n) is 3.54. The van der Waals surface area contributed by atoms with Crippen molar-refractivity contribution in [1.29, 1.82) is 10.5 Å². The van der Waals surface area contributed by atoms with E-state index in [1.165, 1.54) is 6.19 Å². The number of carbonyl (C=O) groups is 2. The van der Waals surface area contributed by atoms with E-state index < -0.39 is 16.8 Å². The molecule has 0 aromatic heterocycles. The van der Waals surface area contributed by atoms with Crippen molar-refractivity contribution >= 4 is 23.6 Å². The van der Waals surface area contributed by atoms with Crippen LogP contribution in [0, 0.1) is 33.7 Å². The van der Waals surface area contributed by atoms with Crippen LogP contribution in [0.3, 0.4) is 0 Å². The molecule has 7 nitrogen and oxygen atoms in total. The molecule has 0 rings (SSSR count). The van der Waals surface area contributed by atoms with Crippen LogP contribution < -0.4 is 11.1 Å². The molecule has 4 N–H and O–H groups in total. The highest BCUT2D eigenvalue weighted by Crippen LogP contribution is 2.26. The van der Waals surface area contributed by atoms with Gasteiger partial charge in [0.15, 0.2) is 12.4 Å². The van der Waals surface area contributed by atoms with Crippen LogP contribution >= 0.6 is 11.8 Å². The fourth-order valence-electron chi connectivity index (χ4n) is 1.77. The first kappa shape index (κ1) is 24.3. The molecule has 136 valence electrons. The summed E-state index contributed by atoms with van der Waals surface area (Å²) < 4.78 is 0. The molecule has 0 saturated carbocycles. The Balaban J connectivity index is 0. The minimum absolute atomic E-state index is 0.238. The highest BCUT2D eigenvalue weighted by atomic mass is 32.2. The van der Waals surface area contributed by atoms with E-state index in [4.69, 9.17) is 15.6 Å². The fraction of sp³-hybridized carbons (Fsp3) is 0.750. The van der Waals surface area contributed by atoms with Crippen molar-refractivity contribution in [3.8, 4) is 12.4 Å². The van der Waals surface area contributed by atoms with Gasteiger partial charge in [0, 0.05) is 5.41 Å². The van der Waals surface area contributed by atoms with Gasteiger partial charge in [-0.05, 0) is 51.0 Å². The van der Waals surface area contributed by atoms with Crippen LogP contribution in [0.2, 0.25) is 0 Å². The first-order valence-corrected chi connectivity index (χ1v) is 8.81. The number of thioether (sulfide) groups is 1.